The predicted octanol–water partition coefficient (Wildman–Crippen LogP) is 6.82. The van der Waals surface area contributed by atoms with Crippen LogP contribution in [-0.2, 0) is 9.53 Å². The van der Waals surface area contributed by atoms with E-state index in [-0.39, 0.29) is 27.9 Å². The third-order valence-corrected chi connectivity index (χ3v) is 6.50. The monoisotopic (exact) mass is 627 g/mol. The summed E-state index contributed by atoms with van der Waals surface area (Å²) in [6, 6.07) is 14.7. The van der Waals surface area contributed by atoms with Crippen molar-refractivity contribution in [1.82, 2.24) is 0 Å². The molecule has 0 radical (unpaired) electrons. The van der Waals surface area contributed by atoms with Gasteiger partial charge >= 0.3 is 11.9 Å². The maximum absolute atomic E-state index is 12.6. The molecule has 0 bridgehead atoms. The van der Waals surface area contributed by atoms with Crippen molar-refractivity contribution in [3.05, 3.63) is 95.6 Å². The molecule has 34 heavy (non-hydrogen) atoms. The Labute approximate surface area is 223 Å². The number of carbonyl (C=O) groups is 2. The quantitative estimate of drug-likeness (QED) is 0.134. The molecule has 3 aromatic rings. The lowest BCUT2D eigenvalue weighted by atomic mass is 10.1. The van der Waals surface area contributed by atoms with Crippen LogP contribution in [-0.4, -0.2) is 24.9 Å². The SMILES string of the molecule is COc1cc(/C=C2\N=C(c3ccc(Cl)c(Cl)c3)OC2=O)cc(I)c1OC(=O)c1ccccc1Cl. The lowest BCUT2D eigenvalue weighted by molar-refractivity contribution is -0.129. The lowest BCUT2D eigenvalue weighted by Gasteiger charge is -2.13. The Hall–Kier alpha value is -2.59. The molecule has 172 valence electrons. The third kappa shape index (κ3) is 5.22. The first-order chi connectivity index (χ1) is 16.3. The van der Waals surface area contributed by atoms with Gasteiger partial charge < -0.3 is 14.2 Å². The summed E-state index contributed by atoms with van der Waals surface area (Å²) in [5.74, 6) is -0.613. The third-order valence-electron chi connectivity index (χ3n) is 4.63. The summed E-state index contributed by atoms with van der Waals surface area (Å²) in [6.07, 6.45) is 1.54. The van der Waals surface area contributed by atoms with Crippen molar-refractivity contribution >= 4 is 81.3 Å². The molecule has 1 heterocycles. The number of rotatable bonds is 5. The topological polar surface area (TPSA) is 74.2 Å². The van der Waals surface area contributed by atoms with Crippen molar-refractivity contribution in [3.63, 3.8) is 0 Å². The maximum Gasteiger partial charge on any atom is 0.363 e. The molecule has 0 fully saturated rings. The lowest BCUT2D eigenvalue weighted by Crippen LogP contribution is -2.11. The van der Waals surface area contributed by atoms with Crippen LogP contribution in [0.4, 0.5) is 0 Å². The molecule has 1 aliphatic heterocycles. The molecule has 3 aromatic carbocycles. The molecule has 0 aromatic heterocycles. The highest BCUT2D eigenvalue weighted by atomic mass is 127. The van der Waals surface area contributed by atoms with Gasteiger partial charge in [0.1, 0.15) is 0 Å². The Morgan fingerprint density at radius 2 is 1.79 bits per heavy atom. The van der Waals surface area contributed by atoms with Gasteiger partial charge in [0.15, 0.2) is 17.2 Å². The number of methoxy groups -OCH3 is 1. The highest BCUT2D eigenvalue weighted by Crippen LogP contribution is 2.36. The molecule has 0 unspecified atom stereocenters. The molecular formula is C24H13Cl3INO5. The van der Waals surface area contributed by atoms with E-state index >= 15 is 0 Å². The fourth-order valence-electron chi connectivity index (χ4n) is 3.02. The molecule has 0 atom stereocenters. The van der Waals surface area contributed by atoms with E-state index in [1.54, 1.807) is 54.6 Å². The van der Waals surface area contributed by atoms with Crippen LogP contribution < -0.4 is 9.47 Å². The van der Waals surface area contributed by atoms with Crippen molar-refractivity contribution in [3.8, 4) is 11.5 Å². The zero-order valence-corrected chi connectivity index (χ0v) is 21.7. The van der Waals surface area contributed by atoms with Crippen molar-refractivity contribution in [1.29, 1.82) is 0 Å². The average molecular weight is 629 g/mol. The molecule has 0 saturated heterocycles. The van der Waals surface area contributed by atoms with Gasteiger partial charge in [-0.25, -0.2) is 14.6 Å². The van der Waals surface area contributed by atoms with Gasteiger partial charge in [-0.3, -0.25) is 0 Å². The van der Waals surface area contributed by atoms with Gasteiger partial charge in [0, 0.05) is 5.56 Å². The summed E-state index contributed by atoms with van der Waals surface area (Å²) in [4.78, 5) is 29.3. The second-order valence-electron chi connectivity index (χ2n) is 6.87. The molecular weight excluding hydrogens is 616 g/mol. The first-order valence-corrected chi connectivity index (χ1v) is 11.8. The number of carbonyl (C=O) groups excluding carboxylic acids is 2. The van der Waals surface area contributed by atoms with Gasteiger partial charge in [-0.2, -0.15) is 0 Å². The van der Waals surface area contributed by atoms with E-state index in [1.807, 2.05) is 22.6 Å². The molecule has 0 N–H and O–H groups in total. The Bertz CT molecular complexity index is 1390. The van der Waals surface area contributed by atoms with Crippen molar-refractivity contribution in [2.24, 2.45) is 4.99 Å². The van der Waals surface area contributed by atoms with E-state index in [1.165, 1.54) is 13.2 Å². The van der Waals surface area contributed by atoms with E-state index in [4.69, 9.17) is 49.0 Å². The number of hydrogen-bond acceptors (Lipinski definition) is 6. The van der Waals surface area contributed by atoms with Crippen molar-refractivity contribution in [2.75, 3.05) is 7.11 Å². The number of aliphatic imine (C=N–C) groups is 1. The van der Waals surface area contributed by atoms with Gasteiger partial charge in [-0.05, 0) is 76.7 Å². The van der Waals surface area contributed by atoms with Crippen LogP contribution in [0.3, 0.4) is 0 Å². The number of hydrogen-bond donors (Lipinski definition) is 0. The van der Waals surface area contributed by atoms with Gasteiger partial charge in [-0.15, -0.1) is 0 Å². The van der Waals surface area contributed by atoms with Crippen molar-refractivity contribution in [2.45, 2.75) is 0 Å². The van der Waals surface area contributed by atoms with Gasteiger partial charge in [0.25, 0.3) is 0 Å². The van der Waals surface area contributed by atoms with Gasteiger partial charge in [-0.1, -0.05) is 46.9 Å². The highest BCUT2D eigenvalue weighted by Gasteiger charge is 2.25. The molecule has 0 aliphatic carbocycles. The summed E-state index contributed by atoms with van der Waals surface area (Å²) in [5, 5.41) is 0.970. The predicted molar refractivity (Wildman–Crippen MR) is 139 cm³/mol. The zero-order valence-electron chi connectivity index (χ0n) is 17.3. The van der Waals surface area contributed by atoms with Crippen LogP contribution in [0.15, 0.2) is 65.3 Å². The number of cyclic esters (lactones) is 1. The number of benzene rings is 3. The van der Waals surface area contributed by atoms with Crippen LogP contribution in [0, 0.1) is 3.57 Å². The molecule has 0 amide bonds. The average Bonchev–Trinajstić information content (AvgIpc) is 3.17. The largest absolute Gasteiger partial charge is 0.493 e. The second kappa shape index (κ2) is 10.4. The normalized spacial score (nSPS) is 14.1. The number of halogens is 4. The summed E-state index contributed by atoms with van der Waals surface area (Å²) in [5.41, 5.74) is 1.41. The van der Waals surface area contributed by atoms with Crippen LogP contribution in [0.25, 0.3) is 6.08 Å². The minimum absolute atomic E-state index is 0.0831. The number of nitrogens with zero attached hydrogens (tertiary/aromatic N) is 1. The zero-order chi connectivity index (χ0) is 24.4. The number of esters is 2. The minimum Gasteiger partial charge on any atom is -0.493 e. The van der Waals surface area contributed by atoms with Gasteiger partial charge in [0.05, 0.1) is 31.3 Å². The Balaban J connectivity index is 1.64. The Kier molecular flexibility index (Phi) is 7.47. The molecule has 0 spiro atoms. The van der Waals surface area contributed by atoms with Crippen LogP contribution >= 0.6 is 57.4 Å². The summed E-state index contributed by atoms with van der Waals surface area (Å²) in [7, 11) is 1.44. The van der Waals surface area contributed by atoms with E-state index < -0.39 is 11.9 Å². The van der Waals surface area contributed by atoms with Gasteiger partial charge in [0.2, 0.25) is 5.90 Å². The summed E-state index contributed by atoms with van der Waals surface area (Å²) >= 11 is 20.1. The fourth-order valence-corrected chi connectivity index (χ4v) is 4.26. The molecule has 4 rings (SSSR count). The summed E-state index contributed by atoms with van der Waals surface area (Å²) < 4.78 is 16.8. The van der Waals surface area contributed by atoms with E-state index in [9.17, 15) is 9.59 Å². The standard InChI is InChI=1S/C24H13Cl3INO5/c1-32-20-10-12(8-18(28)21(20)33-23(30)14-4-2-3-5-15(14)25)9-19-24(31)34-22(29-19)13-6-7-16(26)17(27)11-13/h2-11H,1H3/b19-9-. The summed E-state index contributed by atoms with van der Waals surface area (Å²) in [6.45, 7) is 0. The Morgan fingerprint density at radius 3 is 2.50 bits per heavy atom. The molecule has 1 aliphatic rings. The van der Waals surface area contributed by atoms with Crippen LogP contribution in [0.5, 0.6) is 11.5 Å². The van der Waals surface area contributed by atoms with E-state index in [0.29, 0.717) is 30.5 Å². The molecule has 10 heteroatoms. The van der Waals surface area contributed by atoms with Crippen LogP contribution in [0.2, 0.25) is 15.1 Å². The smallest absolute Gasteiger partial charge is 0.363 e. The maximum atomic E-state index is 12.6. The van der Waals surface area contributed by atoms with Crippen molar-refractivity contribution < 1.29 is 23.8 Å². The molecule has 6 nitrogen and oxygen atoms in total. The Morgan fingerprint density at radius 1 is 1.03 bits per heavy atom. The van der Waals surface area contributed by atoms with Crippen LogP contribution in [0.1, 0.15) is 21.5 Å². The highest BCUT2D eigenvalue weighted by molar-refractivity contribution is 14.1. The first-order valence-electron chi connectivity index (χ1n) is 9.59. The fraction of sp³-hybridized carbons (Fsp3) is 0.0417. The van der Waals surface area contributed by atoms with E-state index in [0.717, 1.165) is 0 Å². The first kappa shape index (κ1) is 24.5. The van der Waals surface area contributed by atoms with E-state index in [2.05, 4.69) is 4.99 Å². The minimum atomic E-state index is -0.622. The second-order valence-corrected chi connectivity index (χ2v) is 9.25. The number of ether oxygens (including phenoxy) is 3. The molecule has 0 saturated carbocycles.